The Bertz CT molecular complexity index is 1050. The van der Waals surface area contributed by atoms with Crippen LogP contribution in [0.4, 0.5) is 11.4 Å². The summed E-state index contributed by atoms with van der Waals surface area (Å²) in [6.07, 6.45) is 1.50. The van der Waals surface area contributed by atoms with Crippen LogP contribution in [0.15, 0.2) is 71.3 Å². The first kappa shape index (κ1) is 21.6. The second-order valence-corrected chi connectivity index (χ2v) is 6.73. The molecule has 0 atom stereocenters. The van der Waals surface area contributed by atoms with Crippen LogP contribution in [0.1, 0.15) is 21.7 Å². The molecule has 2 aromatic carbocycles. The molecule has 0 spiro atoms. The Labute approximate surface area is 178 Å². The number of amides is 1. The number of carbonyl (C=O) groups excluding carboxylic acids is 2. The first-order valence-corrected chi connectivity index (χ1v) is 9.43. The first-order chi connectivity index (χ1) is 14.9. The summed E-state index contributed by atoms with van der Waals surface area (Å²) >= 11 is 0. The Balaban J connectivity index is 1.68. The smallest absolute Gasteiger partial charge is 0.341 e. The van der Waals surface area contributed by atoms with Gasteiger partial charge >= 0.3 is 5.97 Å². The van der Waals surface area contributed by atoms with Gasteiger partial charge in [0.1, 0.15) is 5.76 Å². The van der Waals surface area contributed by atoms with E-state index >= 15 is 0 Å². The van der Waals surface area contributed by atoms with Gasteiger partial charge in [0, 0.05) is 31.4 Å². The number of hydrogen-bond acceptors (Lipinski definition) is 7. The fourth-order valence-corrected chi connectivity index (χ4v) is 2.80. The number of furan rings is 1. The number of ether oxygens (including phenoxy) is 1. The third-order valence-electron chi connectivity index (χ3n) is 4.49. The molecule has 3 rings (SSSR count). The number of hydrogen-bond donors (Lipinski definition) is 1. The van der Waals surface area contributed by atoms with Gasteiger partial charge in [-0.15, -0.1) is 0 Å². The van der Waals surface area contributed by atoms with Gasteiger partial charge < -0.3 is 19.4 Å². The van der Waals surface area contributed by atoms with Crippen molar-refractivity contribution in [1.29, 1.82) is 0 Å². The molecule has 0 saturated heterocycles. The fraction of sp³-hybridized carbons (Fsp3) is 0.182. The van der Waals surface area contributed by atoms with Crippen molar-refractivity contribution in [2.45, 2.75) is 13.1 Å². The average molecular weight is 423 g/mol. The highest BCUT2D eigenvalue weighted by molar-refractivity contribution is 5.97. The molecule has 0 bridgehead atoms. The van der Waals surface area contributed by atoms with Gasteiger partial charge in [-0.1, -0.05) is 30.3 Å². The third-order valence-corrected chi connectivity index (χ3v) is 4.49. The summed E-state index contributed by atoms with van der Waals surface area (Å²) in [5.74, 6) is -0.679. The molecule has 1 heterocycles. The topological polar surface area (TPSA) is 115 Å². The highest BCUT2D eigenvalue weighted by atomic mass is 16.6. The minimum absolute atomic E-state index is 0.0216. The summed E-state index contributed by atoms with van der Waals surface area (Å²) in [6, 6.07) is 16.8. The van der Waals surface area contributed by atoms with Crippen LogP contribution < -0.4 is 5.32 Å². The molecule has 160 valence electrons. The van der Waals surface area contributed by atoms with Gasteiger partial charge in [0.15, 0.2) is 6.61 Å². The molecule has 1 aromatic heterocycles. The molecular formula is C22H21N3O6. The molecule has 0 fully saturated rings. The van der Waals surface area contributed by atoms with Crippen LogP contribution in [0.25, 0.3) is 0 Å². The van der Waals surface area contributed by atoms with Gasteiger partial charge in [0.2, 0.25) is 0 Å². The highest BCUT2D eigenvalue weighted by Crippen LogP contribution is 2.24. The summed E-state index contributed by atoms with van der Waals surface area (Å²) in [5.41, 5.74) is 1.07. The quantitative estimate of drug-likeness (QED) is 0.317. The Morgan fingerprint density at radius 2 is 1.90 bits per heavy atom. The number of esters is 1. The van der Waals surface area contributed by atoms with E-state index in [2.05, 4.69) is 5.32 Å². The molecule has 31 heavy (non-hydrogen) atoms. The molecule has 0 radical (unpaired) electrons. The number of nitro benzene ring substituents is 1. The number of benzene rings is 2. The molecule has 0 unspecified atom stereocenters. The molecule has 0 aliphatic carbocycles. The third kappa shape index (κ3) is 5.92. The lowest BCUT2D eigenvalue weighted by molar-refractivity contribution is -0.384. The van der Waals surface area contributed by atoms with E-state index in [1.54, 1.807) is 19.2 Å². The van der Waals surface area contributed by atoms with E-state index in [0.717, 1.165) is 11.6 Å². The minimum Gasteiger partial charge on any atom is -0.467 e. The van der Waals surface area contributed by atoms with Crippen molar-refractivity contribution in [3.63, 3.8) is 0 Å². The standard InChI is InChI=1S/C22H21N3O6/c1-24(14-18-8-5-11-30-18)21(26)15-31-22(27)19-12-17(25(28)29)9-10-20(19)23-13-16-6-3-2-4-7-16/h2-12,23H,13-15H2,1H3. The van der Waals surface area contributed by atoms with E-state index in [1.807, 2.05) is 30.3 Å². The molecule has 9 nitrogen and oxygen atoms in total. The summed E-state index contributed by atoms with van der Waals surface area (Å²) in [4.78, 5) is 36.8. The van der Waals surface area contributed by atoms with Crippen molar-refractivity contribution in [3.8, 4) is 0 Å². The van der Waals surface area contributed by atoms with Crippen molar-refractivity contribution in [2.75, 3.05) is 19.0 Å². The maximum absolute atomic E-state index is 12.6. The number of carbonyl (C=O) groups is 2. The van der Waals surface area contributed by atoms with Gasteiger partial charge in [-0.05, 0) is 23.8 Å². The SMILES string of the molecule is CN(Cc1ccco1)C(=O)COC(=O)c1cc([N+](=O)[O-])ccc1NCc1ccccc1. The lowest BCUT2D eigenvalue weighted by Gasteiger charge is -2.16. The van der Waals surface area contributed by atoms with Crippen LogP contribution in [-0.2, 0) is 22.6 Å². The van der Waals surface area contributed by atoms with Gasteiger partial charge in [-0.2, -0.15) is 0 Å². The first-order valence-electron chi connectivity index (χ1n) is 9.43. The Hall–Kier alpha value is -4.14. The number of nitro groups is 1. The van der Waals surface area contributed by atoms with Gasteiger partial charge in [-0.3, -0.25) is 14.9 Å². The Morgan fingerprint density at radius 3 is 2.58 bits per heavy atom. The van der Waals surface area contributed by atoms with Crippen molar-refractivity contribution >= 4 is 23.3 Å². The normalized spacial score (nSPS) is 10.4. The summed E-state index contributed by atoms with van der Waals surface area (Å²) in [5, 5.41) is 14.2. The second-order valence-electron chi connectivity index (χ2n) is 6.73. The highest BCUT2D eigenvalue weighted by Gasteiger charge is 2.20. The summed E-state index contributed by atoms with van der Waals surface area (Å²) in [6.45, 7) is 0.130. The lowest BCUT2D eigenvalue weighted by Crippen LogP contribution is -2.30. The maximum Gasteiger partial charge on any atom is 0.341 e. The maximum atomic E-state index is 12.6. The number of rotatable bonds is 9. The lowest BCUT2D eigenvalue weighted by atomic mass is 10.1. The molecule has 0 aliphatic heterocycles. The van der Waals surface area contributed by atoms with Crippen LogP contribution >= 0.6 is 0 Å². The predicted octanol–water partition coefficient (Wildman–Crippen LogP) is 3.62. The van der Waals surface area contributed by atoms with Gasteiger partial charge in [0.05, 0.1) is 23.3 Å². The average Bonchev–Trinajstić information content (AvgIpc) is 3.29. The summed E-state index contributed by atoms with van der Waals surface area (Å²) < 4.78 is 10.3. The van der Waals surface area contributed by atoms with Crippen LogP contribution in [0.5, 0.6) is 0 Å². The van der Waals surface area contributed by atoms with Crippen molar-refractivity contribution in [2.24, 2.45) is 0 Å². The van der Waals surface area contributed by atoms with E-state index in [-0.39, 0.29) is 17.8 Å². The van der Waals surface area contributed by atoms with E-state index in [0.29, 0.717) is 18.0 Å². The molecule has 1 N–H and O–H groups in total. The van der Waals surface area contributed by atoms with Crippen LogP contribution in [-0.4, -0.2) is 35.4 Å². The van der Waals surface area contributed by atoms with Gasteiger partial charge in [0.25, 0.3) is 11.6 Å². The number of anilines is 1. The summed E-state index contributed by atoms with van der Waals surface area (Å²) in [7, 11) is 1.55. The van der Waals surface area contributed by atoms with Crippen LogP contribution in [0, 0.1) is 10.1 Å². The fourth-order valence-electron chi connectivity index (χ4n) is 2.80. The Morgan fingerprint density at radius 1 is 1.13 bits per heavy atom. The van der Waals surface area contributed by atoms with Crippen LogP contribution in [0.2, 0.25) is 0 Å². The van der Waals surface area contributed by atoms with E-state index in [4.69, 9.17) is 9.15 Å². The van der Waals surface area contributed by atoms with E-state index < -0.39 is 23.4 Å². The molecule has 1 amide bonds. The van der Waals surface area contributed by atoms with Gasteiger partial charge in [-0.25, -0.2) is 4.79 Å². The molecule has 3 aromatic rings. The molecule has 0 saturated carbocycles. The van der Waals surface area contributed by atoms with Crippen molar-refractivity contribution in [1.82, 2.24) is 4.90 Å². The number of nitrogens with zero attached hydrogens (tertiary/aromatic N) is 2. The van der Waals surface area contributed by atoms with Crippen molar-refractivity contribution < 1.29 is 23.7 Å². The number of likely N-dealkylation sites (N-methyl/N-ethyl adjacent to an activating group) is 1. The largest absolute Gasteiger partial charge is 0.467 e. The number of nitrogens with one attached hydrogen (secondary N) is 1. The predicted molar refractivity (Wildman–Crippen MR) is 112 cm³/mol. The van der Waals surface area contributed by atoms with E-state index in [9.17, 15) is 19.7 Å². The zero-order chi connectivity index (χ0) is 22.2. The number of non-ortho nitro benzene ring substituents is 1. The molecular weight excluding hydrogens is 402 g/mol. The zero-order valence-electron chi connectivity index (χ0n) is 16.8. The second kappa shape index (κ2) is 10.1. The van der Waals surface area contributed by atoms with E-state index in [1.165, 1.54) is 23.3 Å². The molecule has 9 heteroatoms. The zero-order valence-corrected chi connectivity index (χ0v) is 16.8. The minimum atomic E-state index is -0.834. The Kier molecular flexibility index (Phi) is 7.00. The monoisotopic (exact) mass is 423 g/mol. The molecule has 0 aliphatic rings. The van der Waals surface area contributed by atoms with Crippen LogP contribution in [0.3, 0.4) is 0 Å². The van der Waals surface area contributed by atoms with Crippen molar-refractivity contribution in [3.05, 3.63) is 93.9 Å².